The zero-order valence-corrected chi connectivity index (χ0v) is 26.0. The molecule has 0 atom stereocenters. The Balaban J connectivity index is 1.33. The maximum absolute atomic E-state index is 13.1. The van der Waals surface area contributed by atoms with Gasteiger partial charge in [0.1, 0.15) is 0 Å². The van der Waals surface area contributed by atoms with Crippen LogP contribution in [0.3, 0.4) is 0 Å². The third kappa shape index (κ3) is 8.06. The van der Waals surface area contributed by atoms with Crippen LogP contribution < -0.4 is 10.6 Å². The van der Waals surface area contributed by atoms with Crippen molar-refractivity contribution in [3.8, 4) is 0 Å². The summed E-state index contributed by atoms with van der Waals surface area (Å²) >= 11 is 0. The van der Waals surface area contributed by atoms with Crippen molar-refractivity contribution >= 4 is 22.9 Å². The molecule has 11 heteroatoms. The predicted octanol–water partition coefficient (Wildman–Crippen LogP) is 6.50. The Hall–Kier alpha value is -3.70. The fraction of sp³-hybridized carbons (Fsp3) is 0.485. The van der Waals surface area contributed by atoms with Gasteiger partial charge in [-0.2, -0.15) is 23.1 Å². The molecule has 0 aliphatic carbocycles. The maximum atomic E-state index is 13.1. The first-order chi connectivity index (χ1) is 21.1. The number of anilines is 2. The van der Waals surface area contributed by atoms with Gasteiger partial charge in [-0.3, -0.25) is 9.80 Å². The maximum Gasteiger partial charge on any atom is 0.416 e. The van der Waals surface area contributed by atoms with Crippen molar-refractivity contribution in [1.29, 1.82) is 0 Å². The minimum atomic E-state index is -4.37. The first-order valence-corrected chi connectivity index (χ1v) is 15.5. The number of aromatic nitrogens is 4. The smallest absolute Gasteiger partial charge is 0.367 e. The lowest BCUT2D eigenvalue weighted by atomic mass is 10.0. The number of benzene rings is 2. The highest BCUT2D eigenvalue weighted by Gasteiger charge is 2.30. The lowest BCUT2D eigenvalue weighted by Gasteiger charge is -2.32. The van der Waals surface area contributed by atoms with E-state index in [1.165, 1.54) is 17.7 Å². The first-order valence-electron chi connectivity index (χ1n) is 15.5. The lowest BCUT2D eigenvalue weighted by molar-refractivity contribution is -0.137. The first kappa shape index (κ1) is 31.7. The number of piperidine rings is 1. The van der Waals surface area contributed by atoms with Gasteiger partial charge in [-0.05, 0) is 63.8 Å². The Bertz CT molecular complexity index is 1470. The second-order valence-electron chi connectivity index (χ2n) is 12.2. The molecule has 236 valence electrons. The zero-order valence-electron chi connectivity index (χ0n) is 26.0. The molecule has 8 nitrogen and oxygen atoms in total. The van der Waals surface area contributed by atoms with Gasteiger partial charge in [0, 0.05) is 50.8 Å². The van der Waals surface area contributed by atoms with Gasteiger partial charge in [0.2, 0.25) is 5.95 Å². The number of nitrogens with one attached hydrogen (secondary N) is 2. The summed E-state index contributed by atoms with van der Waals surface area (Å²) in [4.78, 5) is 19.2. The summed E-state index contributed by atoms with van der Waals surface area (Å²) in [5, 5.41) is 7.07. The van der Waals surface area contributed by atoms with E-state index in [-0.39, 0.29) is 6.04 Å². The lowest BCUT2D eigenvalue weighted by Crippen LogP contribution is -2.40. The quantitative estimate of drug-likeness (QED) is 0.190. The molecule has 3 heterocycles. The Morgan fingerprint density at radius 1 is 0.886 bits per heavy atom. The molecule has 0 spiro atoms. The molecule has 2 aromatic heterocycles. The zero-order chi connectivity index (χ0) is 31.3. The monoisotopic (exact) mass is 608 g/mol. The average molecular weight is 609 g/mol. The Kier molecular flexibility index (Phi) is 10.1. The van der Waals surface area contributed by atoms with E-state index in [2.05, 4.69) is 77.4 Å². The van der Waals surface area contributed by atoms with E-state index in [0.717, 1.165) is 56.7 Å². The van der Waals surface area contributed by atoms with Gasteiger partial charge in [0.05, 0.1) is 18.4 Å². The molecular formula is C33H43F3N8. The van der Waals surface area contributed by atoms with E-state index >= 15 is 0 Å². The molecular weight excluding hydrogens is 565 g/mol. The Labute approximate surface area is 257 Å². The number of nitrogens with zero attached hydrogens (tertiary/aromatic N) is 6. The van der Waals surface area contributed by atoms with Gasteiger partial charge < -0.3 is 15.2 Å². The van der Waals surface area contributed by atoms with Crippen molar-refractivity contribution in [2.45, 2.75) is 77.9 Å². The SMILES string of the molecule is CC(C)N(CCNc1nc(NC2CCN(Cc3ccccc3)CC2)nc2c1ncn2Cc1ccc(C(F)(F)F)cc1)C(C)C. The number of hydrogen-bond acceptors (Lipinski definition) is 7. The van der Waals surface area contributed by atoms with Gasteiger partial charge in [0.25, 0.3) is 0 Å². The second-order valence-corrected chi connectivity index (χ2v) is 12.2. The summed E-state index contributed by atoms with van der Waals surface area (Å²) in [6, 6.07) is 16.8. The summed E-state index contributed by atoms with van der Waals surface area (Å²) < 4.78 is 41.2. The van der Waals surface area contributed by atoms with E-state index in [1.54, 1.807) is 6.33 Å². The molecule has 1 aliphatic rings. The molecule has 0 amide bonds. The summed E-state index contributed by atoms with van der Waals surface area (Å²) in [5.41, 5.74) is 2.66. The molecule has 0 unspecified atom stereocenters. The van der Waals surface area contributed by atoms with Crippen molar-refractivity contribution in [1.82, 2.24) is 29.3 Å². The molecule has 5 rings (SSSR count). The van der Waals surface area contributed by atoms with E-state index in [0.29, 0.717) is 48.1 Å². The third-order valence-electron chi connectivity index (χ3n) is 8.26. The summed E-state index contributed by atoms with van der Waals surface area (Å²) in [7, 11) is 0. The predicted molar refractivity (Wildman–Crippen MR) is 170 cm³/mol. The van der Waals surface area contributed by atoms with Crippen LogP contribution in [0, 0.1) is 0 Å². The molecule has 1 aliphatic heterocycles. The number of rotatable bonds is 12. The second kappa shape index (κ2) is 13.9. The highest BCUT2D eigenvalue weighted by molar-refractivity contribution is 5.84. The van der Waals surface area contributed by atoms with E-state index in [9.17, 15) is 13.2 Å². The Morgan fingerprint density at radius 3 is 2.18 bits per heavy atom. The average Bonchev–Trinajstić information content (AvgIpc) is 3.38. The molecule has 1 fully saturated rings. The van der Waals surface area contributed by atoms with Gasteiger partial charge in [0.15, 0.2) is 17.0 Å². The molecule has 0 radical (unpaired) electrons. The largest absolute Gasteiger partial charge is 0.416 e. The number of halogens is 3. The van der Waals surface area contributed by atoms with Crippen LogP contribution in [0.2, 0.25) is 0 Å². The molecule has 0 bridgehead atoms. The molecule has 4 aromatic rings. The summed E-state index contributed by atoms with van der Waals surface area (Å²) in [5.74, 6) is 1.18. The number of hydrogen-bond donors (Lipinski definition) is 2. The highest BCUT2D eigenvalue weighted by Crippen LogP contribution is 2.30. The van der Waals surface area contributed by atoms with E-state index in [4.69, 9.17) is 9.97 Å². The normalized spacial score (nSPS) is 15.1. The van der Waals surface area contributed by atoms with E-state index in [1.807, 2.05) is 10.6 Å². The molecule has 1 saturated heterocycles. The fourth-order valence-corrected chi connectivity index (χ4v) is 5.92. The van der Waals surface area contributed by atoms with Crippen LogP contribution in [0.15, 0.2) is 60.9 Å². The number of imidazole rings is 1. The topological polar surface area (TPSA) is 74.1 Å². The van der Waals surface area contributed by atoms with Crippen LogP contribution in [0.25, 0.3) is 11.2 Å². The van der Waals surface area contributed by atoms with Gasteiger partial charge in [-0.15, -0.1) is 0 Å². The van der Waals surface area contributed by atoms with Gasteiger partial charge in [-0.25, -0.2) is 4.98 Å². The molecule has 44 heavy (non-hydrogen) atoms. The van der Waals surface area contributed by atoms with Crippen molar-refractivity contribution in [2.24, 2.45) is 0 Å². The molecule has 2 aromatic carbocycles. The molecule has 2 N–H and O–H groups in total. The standard InChI is InChI=1S/C33H43F3N8/c1-23(2)44(24(3)4)19-16-37-30-29-31(43(22-38-29)21-26-10-12-27(13-11-26)33(34,35)36)41-32(40-30)39-28-14-17-42(18-15-28)20-25-8-6-5-7-9-25/h5-13,22-24,28H,14-21H2,1-4H3,(H2,37,39,40,41). The number of fused-ring (bicyclic) bond motifs is 1. The summed E-state index contributed by atoms with van der Waals surface area (Å²) in [6.45, 7) is 13.5. The minimum absolute atomic E-state index is 0.232. The summed E-state index contributed by atoms with van der Waals surface area (Å²) in [6.07, 6.45) is -0.741. The molecule has 0 saturated carbocycles. The third-order valence-corrected chi connectivity index (χ3v) is 8.26. The van der Waals surface area contributed by atoms with Crippen LogP contribution in [0.4, 0.5) is 24.9 Å². The fourth-order valence-electron chi connectivity index (χ4n) is 5.92. The Morgan fingerprint density at radius 2 is 1.55 bits per heavy atom. The van der Waals surface area contributed by atoms with Crippen LogP contribution in [0.5, 0.6) is 0 Å². The van der Waals surface area contributed by atoms with Crippen molar-refractivity contribution < 1.29 is 13.2 Å². The minimum Gasteiger partial charge on any atom is -0.367 e. The van der Waals surface area contributed by atoms with Crippen LogP contribution in [-0.4, -0.2) is 73.6 Å². The van der Waals surface area contributed by atoms with Crippen LogP contribution in [-0.2, 0) is 19.3 Å². The number of likely N-dealkylation sites (tertiary alicyclic amines) is 1. The van der Waals surface area contributed by atoms with Crippen LogP contribution in [0.1, 0.15) is 57.2 Å². The number of alkyl halides is 3. The highest BCUT2D eigenvalue weighted by atomic mass is 19.4. The van der Waals surface area contributed by atoms with Crippen molar-refractivity contribution in [3.63, 3.8) is 0 Å². The van der Waals surface area contributed by atoms with Crippen LogP contribution >= 0.6 is 0 Å². The van der Waals surface area contributed by atoms with Gasteiger partial charge in [-0.1, -0.05) is 42.5 Å². The van der Waals surface area contributed by atoms with Crippen molar-refractivity contribution in [3.05, 3.63) is 77.6 Å². The van der Waals surface area contributed by atoms with Crippen molar-refractivity contribution in [2.75, 3.05) is 36.8 Å². The van der Waals surface area contributed by atoms with E-state index < -0.39 is 11.7 Å². The van der Waals surface area contributed by atoms with Gasteiger partial charge >= 0.3 is 6.18 Å².